The molecule has 6 heteroatoms. The van der Waals surface area contributed by atoms with Crippen LogP contribution in [0.15, 0.2) is 18.2 Å². The van der Waals surface area contributed by atoms with Crippen molar-refractivity contribution in [3.63, 3.8) is 0 Å². The fraction of sp³-hybridized carbons (Fsp3) is 0.500. The maximum absolute atomic E-state index is 12.3. The van der Waals surface area contributed by atoms with Crippen molar-refractivity contribution in [3.05, 3.63) is 39.4 Å². The Kier molecular flexibility index (Phi) is 4.34. The van der Waals surface area contributed by atoms with Gasteiger partial charge in [0.05, 0.1) is 4.92 Å². The average molecular weight is 277 g/mol. The van der Waals surface area contributed by atoms with E-state index in [2.05, 4.69) is 17.6 Å². The van der Waals surface area contributed by atoms with Gasteiger partial charge in [0.2, 0.25) is 0 Å². The van der Waals surface area contributed by atoms with Crippen LogP contribution in [0.2, 0.25) is 0 Å². The van der Waals surface area contributed by atoms with Gasteiger partial charge in [-0.15, -0.1) is 0 Å². The van der Waals surface area contributed by atoms with Crippen molar-refractivity contribution in [2.75, 3.05) is 13.1 Å². The molecule has 0 aliphatic carbocycles. The molecule has 0 radical (unpaired) electrons. The Morgan fingerprint density at radius 2 is 2.25 bits per heavy atom. The van der Waals surface area contributed by atoms with Gasteiger partial charge in [-0.3, -0.25) is 14.9 Å². The molecule has 1 fully saturated rings. The van der Waals surface area contributed by atoms with Crippen LogP contribution in [-0.2, 0) is 0 Å². The van der Waals surface area contributed by atoms with Crippen molar-refractivity contribution in [3.8, 4) is 0 Å². The molecule has 0 spiro atoms. The second-order valence-electron chi connectivity index (χ2n) is 5.31. The molecule has 2 N–H and O–H groups in total. The van der Waals surface area contributed by atoms with E-state index in [9.17, 15) is 14.9 Å². The van der Waals surface area contributed by atoms with E-state index in [1.54, 1.807) is 6.92 Å². The molecule has 2 atom stereocenters. The Hall–Kier alpha value is -1.95. The number of nitrogens with zero attached hydrogens (tertiary/aromatic N) is 1. The molecule has 1 amide bonds. The number of hydrogen-bond donors (Lipinski definition) is 2. The number of benzene rings is 1. The number of piperidine rings is 1. The highest BCUT2D eigenvalue weighted by Crippen LogP contribution is 2.18. The number of non-ortho nitro benzene ring substituents is 1. The lowest BCUT2D eigenvalue weighted by Crippen LogP contribution is -2.48. The van der Waals surface area contributed by atoms with Gasteiger partial charge >= 0.3 is 0 Å². The summed E-state index contributed by atoms with van der Waals surface area (Å²) in [6, 6.07) is 4.47. The quantitative estimate of drug-likeness (QED) is 0.649. The Morgan fingerprint density at radius 3 is 2.85 bits per heavy atom. The van der Waals surface area contributed by atoms with Crippen molar-refractivity contribution in [2.24, 2.45) is 5.92 Å². The fourth-order valence-corrected chi connectivity index (χ4v) is 2.49. The van der Waals surface area contributed by atoms with Crippen LogP contribution < -0.4 is 10.6 Å². The van der Waals surface area contributed by atoms with E-state index in [1.807, 2.05) is 0 Å². The molecule has 6 nitrogen and oxygen atoms in total. The summed E-state index contributed by atoms with van der Waals surface area (Å²) in [6.45, 7) is 5.60. The minimum atomic E-state index is -0.455. The van der Waals surface area contributed by atoms with E-state index in [1.165, 1.54) is 18.2 Å². The molecule has 20 heavy (non-hydrogen) atoms. The molecule has 0 saturated carbocycles. The summed E-state index contributed by atoms with van der Waals surface area (Å²) in [7, 11) is 0. The predicted molar refractivity (Wildman–Crippen MR) is 75.7 cm³/mol. The molecule has 2 unspecified atom stereocenters. The first kappa shape index (κ1) is 14.5. The van der Waals surface area contributed by atoms with E-state index >= 15 is 0 Å². The summed E-state index contributed by atoms with van der Waals surface area (Å²) in [4.78, 5) is 22.5. The first-order valence-corrected chi connectivity index (χ1v) is 6.75. The van der Waals surface area contributed by atoms with Gasteiger partial charge in [-0.2, -0.15) is 0 Å². The molecule has 1 aliphatic heterocycles. The maximum Gasteiger partial charge on any atom is 0.269 e. The van der Waals surface area contributed by atoms with E-state index in [0.29, 0.717) is 17.0 Å². The SMILES string of the molecule is Cc1cc([N+](=O)[O-])ccc1C(=O)NC1CCNCC1C. The highest BCUT2D eigenvalue weighted by Gasteiger charge is 2.24. The highest BCUT2D eigenvalue weighted by molar-refractivity contribution is 5.96. The zero-order chi connectivity index (χ0) is 14.7. The molecule has 2 rings (SSSR count). The van der Waals surface area contributed by atoms with Crippen molar-refractivity contribution in [1.29, 1.82) is 0 Å². The van der Waals surface area contributed by atoms with Crippen LogP contribution in [0.25, 0.3) is 0 Å². The Labute approximate surface area is 117 Å². The normalized spacial score (nSPS) is 22.3. The number of nitro benzene ring substituents is 1. The lowest BCUT2D eigenvalue weighted by Gasteiger charge is -2.30. The summed E-state index contributed by atoms with van der Waals surface area (Å²) >= 11 is 0. The molecule has 1 aliphatic rings. The smallest absolute Gasteiger partial charge is 0.269 e. The lowest BCUT2D eigenvalue weighted by atomic mass is 9.94. The van der Waals surface area contributed by atoms with Gasteiger partial charge in [0.15, 0.2) is 0 Å². The number of rotatable bonds is 3. The van der Waals surface area contributed by atoms with Gasteiger partial charge in [0.1, 0.15) is 0 Å². The minimum absolute atomic E-state index is 0.00860. The number of carbonyl (C=O) groups is 1. The van der Waals surface area contributed by atoms with Crippen LogP contribution in [0.3, 0.4) is 0 Å². The Bertz CT molecular complexity index is 530. The molecular formula is C14H19N3O3. The van der Waals surface area contributed by atoms with Crippen LogP contribution >= 0.6 is 0 Å². The molecule has 1 heterocycles. The summed E-state index contributed by atoms with van der Waals surface area (Å²) in [6.07, 6.45) is 0.902. The molecular weight excluding hydrogens is 258 g/mol. The van der Waals surface area contributed by atoms with Gasteiger partial charge in [-0.1, -0.05) is 6.92 Å². The fourth-order valence-electron chi connectivity index (χ4n) is 2.49. The lowest BCUT2D eigenvalue weighted by molar-refractivity contribution is -0.384. The number of aryl methyl sites for hydroxylation is 1. The first-order valence-electron chi connectivity index (χ1n) is 6.75. The molecule has 108 valence electrons. The predicted octanol–water partition coefficient (Wildman–Crippen LogP) is 1.63. The molecule has 1 aromatic carbocycles. The molecule has 0 bridgehead atoms. The summed E-state index contributed by atoms with van der Waals surface area (Å²) in [5.74, 6) is 0.224. The number of amides is 1. The van der Waals surface area contributed by atoms with Gasteiger partial charge in [-0.05, 0) is 44.0 Å². The van der Waals surface area contributed by atoms with Gasteiger partial charge in [0, 0.05) is 23.7 Å². The topological polar surface area (TPSA) is 84.3 Å². The molecule has 0 aromatic heterocycles. The standard InChI is InChI=1S/C14H19N3O3/c1-9-7-11(17(19)20)3-4-12(9)14(18)16-13-5-6-15-8-10(13)2/h3-4,7,10,13,15H,5-6,8H2,1-2H3,(H,16,18). The zero-order valence-corrected chi connectivity index (χ0v) is 11.7. The second kappa shape index (κ2) is 6.00. The first-order chi connectivity index (χ1) is 9.49. The van der Waals surface area contributed by atoms with Crippen LogP contribution in [0.4, 0.5) is 5.69 Å². The van der Waals surface area contributed by atoms with Crippen LogP contribution in [0.1, 0.15) is 29.3 Å². The van der Waals surface area contributed by atoms with Crippen molar-refractivity contribution in [2.45, 2.75) is 26.3 Å². The van der Waals surface area contributed by atoms with Crippen molar-refractivity contribution < 1.29 is 9.72 Å². The molecule has 1 saturated heterocycles. The average Bonchev–Trinajstić information content (AvgIpc) is 2.41. The third-order valence-electron chi connectivity index (χ3n) is 3.77. The summed E-state index contributed by atoms with van der Waals surface area (Å²) in [5, 5.41) is 17.0. The minimum Gasteiger partial charge on any atom is -0.349 e. The summed E-state index contributed by atoms with van der Waals surface area (Å²) in [5.41, 5.74) is 1.13. The number of carbonyl (C=O) groups excluding carboxylic acids is 1. The van der Waals surface area contributed by atoms with E-state index in [4.69, 9.17) is 0 Å². The largest absolute Gasteiger partial charge is 0.349 e. The monoisotopic (exact) mass is 277 g/mol. The highest BCUT2D eigenvalue weighted by atomic mass is 16.6. The van der Waals surface area contributed by atoms with Crippen molar-refractivity contribution >= 4 is 11.6 Å². The van der Waals surface area contributed by atoms with E-state index in [-0.39, 0.29) is 17.6 Å². The Morgan fingerprint density at radius 1 is 1.50 bits per heavy atom. The Balaban J connectivity index is 2.11. The number of nitro groups is 1. The van der Waals surface area contributed by atoms with Crippen LogP contribution in [0.5, 0.6) is 0 Å². The summed E-state index contributed by atoms with van der Waals surface area (Å²) < 4.78 is 0. The maximum atomic E-state index is 12.3. The van der Waals surface area contributed by atoms with Crippen LogP contribution in [0, 0.1) is 23.0 Å². The van der Waals surface area contributed by atoms with Gasteiger partial charge in [0.25, 0.3) is 11.6 Å². The van der Waals surface area contributed by atoms with E-state index in [0.717, 1.165) is 19.5 Å². The second-order valence-corrected chi connectivity index (χ2v) is 5.31. The zero-order valence-electron chi connectivity index (χ0n) is 11.7. The van der Waals surface area contributed by atoms with Gasteiger partial charge < -0.3 is 10.6 Å². The number of nitrogens with one attached hydrogen (secondary N) is 2. The van der Waals surface area contributed by atoms with Gasteiger partial charge in [-0.25, -0.2) is 0 Å². The van der Waals surface area contributed by atoms with E-state index < -0.39 is 4.92 Å². The number of hydrogen-bond acceptors (Lipinski definition) is 4. The van der Waals surface area contributed by atoms with Crippen molar-refractivity contribution in [1.82, 2.24) is 10.6 Å². The van der Waals surface area contributed by atoms with Crippen LogP contribution in [-0.4, -0.2) is 30.0 Å². The third kappa shape index (κ3) is 3.14. The molecule has 1 aromatic rings. The third-order valence-corrected chi connectivity index (χ3v) is 3.77.